The summed E-state index contributed by atoms with van der Waals surface area (Å²) in [5.41, 5.74) is 11.6. The molecule has 0 saturated carbocycles. The van der Waals surface area contributed by atoms with Crippen LogP contribution in [0.3, 0.4) is 0 Å². The predicted octanol–water partition coefficient (Wildman–Crippen LogP) is 15.1. The molecule has 0 unspecified atom stereocenters. The molecule has 0 bridgehead atoms. The number of sulfone groups is 1. The first-order valence-corrected chi connectivity index (χ1v) is 24.9. The zero-order valence-corrected chi connectivity index (χ0v) is 39.1. The van der Waals surface area contributed by atoms with Gasteiger partial charge in [-0.05, 0) is 145 Å². The van der Waals surface area contributed by atoms with E-state index in [2.05, 4.69) is 143 Å². The van der Waals surface area contributed by atoms with Gasteiger partial charge in [0.2, 0.25) is 9.84 Å². The van der Waals surface area contributed by atoms with Crippen molar-refractivity contribution in [1.29, 1.82) is 0 Å². The van der Waals surface area contributed by atoms with Crippen molar-refractivity contribution in [3.05, 3.63) is 266 Å². The average molecular weight is 937 g/mol. The molecule has 0 spiro atoms. The zero-order valence-electron chi connectivity index (χ0n) is 38.3. The maximum atomic E-state index is 14.3. The van der Waals surface area contributed by atoms with E-state index < -0.39 is 9.84 Å². The summed E-state index contributed by atoms with van der Waals surface area (Å²) in [5.74, 6) is 0. The van der Waals surface area contributed by atoms with Crippen LogP contribution in [-0.2, 0) is 9.84 Å². The van der Waals surface area contributed by atoms with Gasteiger partial charge in [0.25, 0.3) is 0 Å². The summed E-state index contributed by atoms with van der Waals surface area (Å²) in [7, 11) is -3.90. The summed E-state index contributed by atoms with van der Waals surface area (Å²) >= 11 is 0. The molecule has 71 heavy (non-hydrogen) atoms. The van der Waals surface area contributed by atoms with E-state index in [-0.39, 0.29) is 9.79 Å². The maximum absolute atomic E-state index is 14.3. The minimum Gasteiger partial charge on any atom is -0.309 e. The van der Waals surface area contributed by atoms with E-state index in [1.54, 1.807) is 48.5 Å². The van der Waals surface area contributed by atoms with Gasteiger partial charge in [0.05, 0.1) is 67.0 Å². The minimum absolute atomic E-state index is 0.174. The molecule has 12 aromatic rings. The van der Waals surface area contributed by atoms with E-state index in [9.17, 15) is 8.42 Å². The van der Waals surface area contributed by atoms with Crippen LogP contribution in [0.4, 0.5) is 22.7 Å². The fourth-order valence-corrected chi connectivity index (χ4v) is 10.7. The molecule has 12 rings (SSSR count). The first-order chi connectivity index (χ1) is 35.0. The number of fused-ring (bicyclic) bond motifs is 6. The number of anilines is 4. The average Bonchev–Trinajstić information content (AvgIpc) is 3.94. The van der Waals surface area contributed by atoms with Crippen molar-refractivity contribution in [2.75, 3.05) is 10.0 Å². The van der Waals surface area contributed by atoms with Crippen LogP contribution in [0.2, 0.25) is 0 Å². The van der Waals surface area contributed by atoms with Crippen LogP contribution in [0.1, 0.15) is 11.1 Å². The molecule has 340 valence electrons. The number of nitrogens with zero attached hydrogens (tertiary/aromatic N) is 6. The van der Waals surface area contributed by atoms with E-state index in [0.717, 1.165) is 77.5 Å². The van der Waals surface area contributed by atoms with Crippen LogP contribution in [0, 0.1) is 0 Å². The molecule has 0 saturated heterocycles. The highest BCUT2D eigenvalue weighted by Gasteiger charge is 2.21. The van der Waals surface area contributed by atoms with Gasteiger partial charge < -0.3 is 9.13 Å². The van der Waals surface area contributed by atoms with Crippen molar-refractivity contribution in [1.82, 2.24) is 9.13 Å². The van der Waals surface area contributed by atoms with Crippen LogP contribution in [0.25, 0.3) is 55.0 Å². The molecule has 0 aliphatic rings. The Morgan fingerprint density at radius 3 is 1.04 bits per heavy atom. The standard InChI is InChI=1S/C62H44N6O2S/c69-71(70,53-35-31-51(32-36-53)67(49-21-9-3-10-22-49)63-43-45-29-39-61-57(41-45)55-25-13-15-27-59(55)65(61)47-17-5-1-6-18-47)54-37-33-52(34-38-54)68(50-23-11-4-12-24-50)64-44-46-30-40-62-58(42-46)56-26-14-16-28-60(56)66(62)48-19-7-2-8-20-48/h1-44H/b63-43+,64-44+. The first kappa shape index (κ1) is 43.0. The summed E-state index contributed by atoms with van der Waals surface area (Å²) in [4.78, 5) is 0.349. The smallest absolute Gasteiger partial charge is 0.206 e. The van der Waals surface area contributed by atoms with Gasteiger partial charge in [-0.15, -0.1) is 0 Å². The second-order valence-electron chi connectivity index (χ2n) is 17.2. The Hall–Kier alpha value is -9.31. The van der Waals surface area contributed by atoms with Crippen LogP contribution >= 0.6 is 0 Å². The van der Waals surface area contributed by atoms with E-state index in [0.29, 0.717) is 11.4 Å². The van der Waals surface area contributed by atoms with Gasteiger partial charge in [-0.25, -0.2) is 18.4 Å². The molecular formula is C62H44N6O2S. The van der Waals surface area contributed by atoms with E-state index in [1.165, 1.54) is 0 Å². The molecule has 0 fully saturated rings. The second kappa shape index (κ2) is 18.3. The van der Waals surface area contributed by atoms with Crippen molar-refractivity contribution in [3.63, 3.8) is 0 Å². The Balaban J connectivity index is 0.822. The largest absolute Gasteiger partial charge is 0.309 e. The molecule has 9 heteroatoms. The predicted molar refractivity (Wildman–Crippen MR) is 292 cm³/mol. The molecule has 10 aromatic carbocycles. The molecule has 0 radical (unpaired) electrons. The van der Waals surface area contributed by atoms with Crippen LogP contribution in [-0.4, -0.2) is 30.0 Å². The van der Waals surface area contributed by atoms with Crippen LogP contribution < -0.4 is 10.0 Å². The number of hydrogen-bond acceptors (Lipinski definition) is 6. The van der Waals surface area contributed by atoms with Gasteiger partial charge in [0.15, 0.2) is 0 Å². The number of hydrogen-bond donors (Lipinski definition) is 0. The van der Waals surface area contributed by atoms with Gasteiger partial charge in [-0.2, -0.15) is 10.2 Å². The topological polar surface area (TPSA) is 75.2 Å². The third kappa shape index (κ3) is 8.10. The minimum atomic E-state index is -3.90. The zero-order chi connectivity index (χ0) is 47.7. The third-order valence-electron chi connectivity index (χ3n) is 12.9. The van der Waals surface area contributed by atoms with E-state index in [4.69, 9.17) is 10.2 Å². The lowest BCUT2D eigenvalue weighted by molar-refractivity contribution is 0.596. The highest BCUT2D eigenvalue weighted by Crippen LogP contribution is 2.36. The van der Waals surface area contributed by atoms with Gasteiger partial charge in [0, 0.05) is 32.9 Å². The Bertz CT molecular complexity index is 3780. The SMILES string of the molecule is O=S(=O)(c1ccc(N(/N=C/c2ccc3c(c2)c2ccccc2n3-c2ccccc2)c2ccccc2)cc1)c1ccc(N(/N=C/c2ccc3c(c2)c2ccccc2n3-c2ccccc2)c2ccccc2)cc1. The molecule has 0 amide bonds. The Morgan fingerprint density at radius 1 is 0.324 bits per heavy atom. The van der Waals surface area contributed by atoms with Crippen LogP contribution in [0.5, 0.6) is 0 Å². The molecule has 0 atom stereocenters. The summed E-state index contributed by atoms with van der Waals surface area (Å²) < 4.78 is 33.1. The molecule has 0 N–H and O–H groups in total. The summed E-state index contributed by atoms with van der Waals surface area (Å²) in [5, 5.41) is 18.2. The third-order valence-corrected chi connectivity index (χ3v) is 14.6. The number of rotatable bonds is 12. The Kier molecular flexibility index (Phi) is 11.1. The van der Waals surface area contributed by atoms with Gasteiger partial charge in [-0.1, -0.05) is 121 Å². The summed E-state index contributed by atoms with van der Waals surface area (Å²) in [6.45, 7) is 0. The Labute approximate surface area is 411 Å². The van der Waals surface area contributed by atoms with Crippen molar-refractivity contribution in [2.45, 2.75) is 9.79 Å². The van der Waals surface area contributed by atoms with Crippen molar-refractivity contribution >= 4 is 88.6 Å². The summed E-state index contributed by atoms with van der Waals surface area (Å²) in [6, 6.07) is 83.9. The number of para-hydroxylation sites is 6. The normalized spacial score (nSPS) is 11.9. The molecule has 0 aliphatic heterocycles. The summed E-state index contributed by atoms with van der Waals surface area (Å²) in [6.07, 6.45) is 3.70. The molecule has 2 heterocycles. The highest BCUT2D eigenvalue weighted by atomic mass is 32.2. The van der Waals surface area contributed by atoms with Crippen LogP contribution in [0.15, 0.2) is 275 Å². The molecule has 0 aliphatic carbocycles. The fourth-order valence-electron chi connectivity index (χ4n) is 9.47. The number of aromatic nitrogens is 2. The van der Waals surface area contributed by atoms with Crippen molar-refractivity contribution in [2.24, 2.45) is 10.2 Å². The van der Waals surface area contributed by atoms with Crippen molar-refractivity contribution in [3.8, 4) is 11.4 Å². The molecular weight excluding hydrogens is 893 g/mol. The van der Waals surface area contributed by atoms with Gasteiger partial charge in [0.1, 0.15) is 0 Å². The van der Waals surface area contributed by atoms with E-state index >= 15 is 0 Å². The fraction of sp³-hybridized carbons (Fsp3) is 0. The maximum Gasteiger partial charge on any atom is 0.206 e. The lowest BCUT2D eigenvalue weighted by Crippen LogP contribution is -2.11. The molecule has 8 nitrogen and oxygen atoms in total. The Morgan fingerprint density at radius 2 is 0.648 bits per heavy atom. The van der Waals surface area contributed by atoms with Gasteiger partial charge >= 0.3 is 0 Å². The number of benzene rings is 10. The van der Waals surface area contributed by atoms with Crippen molar-refractivity contribution < 1.29 is 8.42 Å². The number of hydrazone groups is 2. The lowest BCUT2D eigenvalue weighted by Gasteiger charge is -2.20. The second-order valence-corrected chi connectivity index (χ2v) is 19.2. The highest BCUT2D eigenvalue weighted by molar-refractivity contribution is 7.91. The quantitative estimate of drug-likeness (QED) is 0.0903. The monoisotopic (exact) mass is 936 g/mol. The van der Waals surface area contributed by atoms with Gasteiger partial charge in [-0.3, -0.25) is 0 Å². The molecule has 2 aromatic heterocycles. The first-order valence-electron chi connectivity index (χ1n) is 23.4. The van der Waals surface area contributed by atoms with E-state index in [1.807, 2.05) is 95.2 Å². The lowest BCUT2D eigenvalue weighted by atomic mass is 10.1.